The molecule has 3 N–H and O–H groups in total. The summed E-state index contributed by atoms with van der Waals surface area (Å²) in [5, 5.41) is 11.6. The van der Waals surface area contributed by atoms with Gasteiger partial charge in [-0.05, 0) is 47.0 Å². The Kier molecular flexibility index (Phi) is 4.91. The largest absolute Gasteiger partial charge is 0.409 e. The molecule has 1 aromatic carbocycles. The summed E-state index contributed by atoms with van der Waals surface area (Å²) < 4.78 is 6.41. The molecule has 0 aliphatic carbocycles. The predicted octanol–water partition coefficient (Wildman–Crippen LogP) is 2.81. The van der Waals surface area contributed by atoms with Crippen molar-refractivity contribution in [3.8, 4) is 0 Å². The minimum atomic E-state index is 0.109. The normalized spacial score (nSPS) is 20.3. The van der Waals surface area contributed by atoms with Crippen LogP contribution in [0.3, 0.4) is 0 Å². The van der Waals surface area contributed by atoms with Crippen LogP contribution in [0.25, 0.3) is 0 Å². The Bertz CT molecular complexity index is 448. The van der Waals surface area contributed by atoms with E-state index in [0.717, 1.165) is 34.6 Å². The van der Waals surface area contributed by atoms with E-state index in [0.29, 0.717) is 11.7 Å². The fourth-order valence-electron chi connectivity index (χ4n) is 1.81. The number of rotatable bonds is 4. The molecule has 1 aliphatic rings. The highest BCUT2D eigenvalue weighted by atomic mass is 79.9. The summed E-state index contributed by atoms with van der Waals surface area (Å²) in [5.74, 6) is 1.08. The number of thioether (sulfide) groups is 1. The maximum Gasteiger partial charge on any atom is 0.171 e. The fraction of sp³-hybridized carbons (Fsp3) is 0.417. The predicted molar refractivity (Wildman–Crippen MR) is 76.4 cm³/mol. The lowest BCUT2D eigenvalue weighted by atomic mass is 10.2. The van der Waals surface area contributed by atoms with Gasteiger partial charge < -0.3 is 15.7 Å². The second kappa shape index (κ2) is 6.45. The first-order valence-corrected chi connectivity index (χ1v) is 7.50. The summed E-state index contributed by atoms with van der Waals surface area (Å²) in [7, 11) is 0. The van der Waals surface area contributed by atoms with Gasteiger partial charge in [0.25, 0.3) is 0 Å². The monoisotopic (exact) mass is 330 g/mol. The molecular weight excluding hydrogens is 316 g/mol. The van der Waals surface area contributed by atoms with Gasteiger partial charge in [0, 0.05) is 27.3 Å². The average Bonchev–Trinajstić information content (AvgIpc) is 2.88. The minimum Gasteiger partial charge on any atom is -0.409 e. The number of hydrogen-bond donors (Lipinski definition) is 2. The molecule has 1 saturated heterocycles. The van der Waals surface area contributed by atoms with E-state index in [1.54, 1.807) is 11.8 Å². The number of oxime groups is 1. The first-order chi connectivity index (χ1) is 8.70. The Morgan fingerprint density at radius 3 is 3.06 bits per heavy atom. The van der Waals surface area contributed by atoms with E-state index in [-0.39, 0.29) is 5.84 Å². The Morgan fingerprint density at radius 2 is 2.44 bits per heavy atom. The van der Waals surface area contributed by atoms with Gasteiger partial charge >= 0.3 is 0 Å². The zero-order valence-corrected chi connectivity index (χ0v) is 12.2. The fourth-order valence-corrected chi connectivity index (χ4v) is 3.55. The zero-order valence-electron chi connectivity index (χ0n) is 9.80. The molecule has 0 radical (unpaired) electrons. The van der Waals surface area contributed by atoms with Crippen LogP contribution in [0, 0.1) is 0 Å². The van der Waals surface area contributed by atoms with Gasteiger partial charge in [0.2, 0.25) is 0 Å². The van der Waals surface area contributed by atoms with Gasteiger partial charge in [0.05, 0.1) is 6.10 Å². The molecule has 1 atom stereocenters. The molecule has 1 aromatic rings. The summed E-state index contributed by atoms with van der Waals surface area (Å²) in [6, 6.07) is 5.79. The first kappa shape index (κ1) is 13.7. The van der Waals surface area contributed by atoms with Crippen molar-refractivity contribution in [2.75, 3.05) is 12.4 Å². The summed E-state index contributed by atoms with van der Waals surface area (Å²) >= 11 is 5.19. The van der Waals surface area contributed by atoms with Crippen molar-refractivity contribution >= 4 is 33.5 Å². The summed E-state index contributed by atoms with van der Waals surface area (Å²) in [4.78, 5) is 1.15. The highest BCUT2D eigenvalue weighted by Gasteiger charge is 2.15. The molecule has 0 spiro atoms. The molecule has 2 rings (SSSR count). The number of nitrogens with two attached hydrogens (primary N) is 1. The number of halogens is 1. The van der Waals surface area contributed by atoms with Gasteiger partial charge in [-0.2, -0.15) is 0 Å². The molecule has 4 nitrogen and oxygen atoms in total. The van der Waals surface area contributed by atoms with Crippen molar-refractivity contribution in [2.45, 2.75) is 23.8 Å². The van der Waals surface area contributed by atoms with Crippen molar-refractivity contribution < 1.29 is 9.94 Å². The number of amidine groups is 1. The zero-order chi connectivity index (χ0) is 13.0. The van der Waals surface area contributed by atoms with Crippen molar-refractivity contribution in [1.29, 1.82) is 0 Å². The highest BCUT2D eigenvalue weighted by molar-refractivity contribution is 9.10. The van der Waals surface area contributed by atoms with Crippen molar-refractivity contribution in [1.82, 2.24) is 0 Å². The maximum atomic E-state index is 8.65. The molecule has 0 amide bonds. The van der Waals surface area contributed by atoms with Gasteiger partial charge in [-0.3, -0.25) is 0 Å². The topological polar surface area (TPSA) is 67.8 Å². The van der Waals surface area contributed by atoms with Gasteiger partial charge in [0.15, 0.2) is 5.84 Å². The maximum absolute atomic E-state index is 8.65. The lowest BCUT2D eigenvalue weighted by molar-refractivity contribution is 0.129. The standard InChI is InChI=1S/C12H15BrN2O2S/c13-11-6-9(3-4-10(11)12(14)15-16)18-7-8-2-1-5-17-8/h3-4,6,8,16H,1-2,5,7H2,(H2,14,15). The van der Waals surface area contributed by atoms with E-state index in [2.05, 4.69) is 21.1 Å². The van der Waals surface area contributed by atoms with E-state index in [4.69, 9.17) is 15.7 Å². The summed E-state index contributed by atoms with van der Waals surface area (Å²) in [6.07, 6.45) is 2.69. The summed E-state index contributed by atoms with van der Waals surface area (Å²) in [6.45, 7) is 0.886. The number of ether oxygens (including phenoxy) is 1. The molecule has 98 valence electrons. The van der Waals surface area contributed by atoms with Gasteiger partial charge in [-0.25, -0.2) is 0 Å². The molecule has 18 heavy (non-hydrogen) atoms. The second-order valence-corrected chi connectivity index (χ2v) is 6.02. The third-order valence-electron chi connectivity index (χ3n) is 2.78. The van der Waals surface area contributed by atoms with Crippen LogP contribution in [0.15, 0.2) is 32.7 Å². The molecule has 0 aromatic heterocycles. The van der Waals surface area contributed by atoms with Crippen LogP contribution in [-0.4, -0.2) is 29.5 Å². The van der Waals surface area contributed by atoms with E-state index in [1.165, 1.54) is 0 Å². The molecular formula is C12H15BrN2O2S. The molecule has 6 heteroatoms. The average molecular weight is 331 g/mol. The van der Waals surface area contributed by atoms with Crippen LogP contribution < -0.4 is 5.73 Å². The van der Waals surface area contributed by atoms with Crippen molar-refractivity contribution in [3.63, 3.8) is 0 Å². The second-order valence-electron chi connectivity index (χ2n) is 4.07. The van der Waals surface area contributed by atoms with Crippen LogP contribution in [0.1, 0.15) is 18.4 Å². The van der Waals surface area contributed by atoms with Gasteiger partial charge in [0.1, 0.15) is 0 Å². The SMILES string of the molecule is N/C(=N/O)c1ccc(SCC2CCCO2)cc1Br. The Balaban J connectivity index is 1.99. The van der Waals surface area contributed by atoms with Crippen molar-refractivity contribution in [2.24, 2.45) is 10.9 Å². The van der Waals surface area contributed by atoms with E-state index in [1.807, 2.05) is 18.2 Å². The van der Waals surface area contributed by atoms with Crippen LogP contribution in [0.5, 0.6) is 0 Å². The molecule has 0 saturated carbocycles. The molecule has 0 bridgehead atoms. The third-order valence-corrected chi connectivity index (χ3v) is 4.57. The molecule has 1 unspecified atom stereocenters. The van der Waals surface area contributed by atoms with Gasteiger partial charge in [-0.1, -0.05) is 5.16 Å². The lowest BCUT2D eigenvalue weighted by Gasteiger charge is -2.10. The lowest BCUT2D eigenvalue weighted by Crippen LogP contribution is -2.13. The van der Waals surface area contributed by atoms with E-state index in [9.17, 15) is 0 Å². The number of hydrogen-bond acceptors (Lipinski definition) is 4. The number of nitrogens with zero attached hydrogens (tertiary/aromatic N) is 1. The minimum absolute atomic E-state index is 0.109. The quantitative estimate of drug-likeness (QED) is 0.293. The first-order valence-electron chi connectivity index (χ1n) is 5.72. The van der Waals surface area contributed by atoms with Crippen LogP contribution >= 0.6 is 27.7 Å². The smallest absolute Gasteiger partial charge is 0.171 e. The Hall–Kier alpha value is -0.720. The number of benzene rings is 1. The van der Waals surface area contributed by atoms with Gasteiger partial charge in [-0.15, -0.1) is 11.8 Å². The van der Waals surface area contributed by atoms with E-state index < -0.39 is 0 Å². The van der Waals surface area contributed by atoms with Crippen LogP contribution in [-0.2, 0) is 4.74 Å². The van der Waals surface area contributed by atoms with E-state index >= 15 is 0 Å². The Labute approximate surface area is 119 Å². The molecule has 1 heterocycles. The Morgan fingerprint density at radius 1 is 1.61 bits per heavy atom. The van der Waals surface area contributed by atoms with Crippen LogP contribution in [0.4, 0.5) is 0 Å². The van der Waals surface area contributed by atoms with Crippen LogP contribution in [0.2, 0.25) is 0 Å². The highest BCUT2D eigenvalue weighted by Crippen LogP contribution is 2.28. The molecule has 1 aliphatic heterocycles. The molecule has 1 fully saturated rings. The third kappa shape index (κ3) is 3.40. The summed E-state index contributed by atoms with van der Waals surface area (Å²) in [5.41, 5.74) is 6.26. The van der Waals surface area contributed by atoms with Crippen molar-refractivity contribution in [3.05, 3.63) is 28.2 Å².